The van der Waals surface area contributed by atoms with Gasteiger partial charge in [-0.2, -0.15) is 0 Å². The molecule has 0 radical (unpaired) electrons. The first-order valence-electron chi connectivity index (χ1n) is 8.34. The predicted octanol–water partition coefficient (Wildman–Crippen LogP) is 3.02. The van der Waals surface area contributed by atoms with Crippen molar-refractivity contribution in [2.45, 2.75) is 46.6 Å². The number of nitrogens with one attached hydrogen (secondary N) is 2. The Balaban J connectivity index is 2.31. The van der Waals surface area contributed by atoms with Gasteiger partial charge in [0.25, 0.3) is 5.91 Å². The molecule has 23 heavy (non-hydrogen) atoms. The van der Waals surface area contributed by atoms with Gasteiger partial charge in [0.15, 0.2) is 0 Å². The number of hydrogen-bond acceptors (Lipinski definition) is 3. The molecule has 2 amide bonds. The Hall–Kier alpha value is -2.04. The van der Waals surface area contributed by atoms with Crippen LogP contribution in [-0.2, 0) is 4.79 Å². The van der Waals surface area contributed by atoms with E-state index < -0.39 is 0 Å². The van der Waals surface area contributed by atoms with E-state index in [2.05, 4.69) is 22.5 Å². The van der Waals surface area contributed by atoms with Crippen LogP contribution in [-0.4, -0.2) is 30.9 Å². The molecule has 0 aliphatic carbocycles. The Morgan fingerprint density at radius 2 is 1.87 bits per heavy atom. The Kier molecular flexibility index (Phi) is 5.64. The molecule has 1 saturated heterocycles. The standard InChI is InChI=1S/C18H27N3O2/c1-12(2)19-18(23)16-11-15(20-14(4)22)5-6-17(16)21-9-7-13(3)8-10-21/h5-6,11-13H,7-10H2,1-4H3,(H,19,23)(H,20,22). The van der Waals surface area contributed by atoms with E-state index in [9.17, 15) is 9.59 Å². The van der Waals surface area contributed by atoms with E-state index in [1.54, 1.807) is 6.07 Å². The van der Waals surface area contributed by atoms with Crippen LogP contribution in [0.2, 0.25) is 0 Å². The average molecular weight is 317 g/mol. The number of rotatable bonds is 4. The number of carbonyl (C=O) groups is 2. The van der Waals surface area contributed by atoms with Gasteiger partial charge in [-0.25, -0.2) is 0 Å². The molecule has 2 N–H and O–H groups in total. The fourth-order valence-electron chi connectivity index (χ4n) is 2.86. The third-order valence-electron chi connectivity index (χ3n) is 4.11. The van der Waals surface area contributed by atoms with Crippen LogP contribution in [0.1, 0.15) is 50.9 Å². The Labute approximate surface area is 138 Å². The van der Waals surface area contributed by atoms with E-state index in [1.165, 1.54) is 6.92 Å². The molecule has 2 rings (SSSR count). The van der Waals surface area contributed by atoms with Gasteiger partial charge in [0.1, 0.15) is 0 Å². The summed E-state index contributed by atoms with van der Waals surface area (Å²) in [5.74, 6) is 0.499. The minimum atomic E-state index is -0.139. The molecule has 0 atom stereocenters. The first-order valence-corrected chi connectivity index (χ1v) is 8.34. The van der Waals surface area contributed by atoms with E-state index in [1.807, 2.05) is 26.0 Å². The second-order valence-electron chi connectivity index (χ2n) is 6.71. The summed E-state index contributed by atoms with van der Waals surface area (Å²) < 4.78 is 0. The van der Waals surface area contributed by atoms with Crippen LogP contribution in [0, 0.1) is 5.92 Å². The van der Waals surface area contributed by atoms with Gasteiger partial charge in [-0.05, 0) is 50.8 Å². The molecule has 1 heterocycles. The van der Waals surface area contributed by atoms with Crippen molar-refractivity contribution in [3.63, 3.8) is 0 Å². The number of hydrogen-bond donors (Lipinski definition) is 2. The van der Waals surface area contributed by atoms with Crippen LogP contribution in [0.3, 0.4) is 0 Å². The van der Waals surface area contributed by atoms with Crippen LogP contribution >= 0.6 is 0 Å². The number of carbonyl (C=O) groups excluding carboxylic acids is 2. The summed E-state index contributed by atoms with van der Waals surface area (Å²) in [6.07, 6.45) is 2.28. The molecule has 5 heteroatoms. The Bertz CT molecular complexity index is 576. The third-order valence-corrected chi connectivity index (χ3v) is 4.11. The highest BCUT2D eigenvalue weighted by Gasteiger charge is 2.22. The lowest BCUT2D eigenvalue weighted by molar-refractivity contribution is -0.114. The average Bonchev–Trinajstić information content (AvgIpc) is 2.47. The molecule has 0 saturated carbocycles. The SMILES string of the molecule is CC(=O)Nc1ccc(N2CCC(C)CC2)c(C(=O)NC(C)C)c1. The third kappa shape index (κ3) is 4.71. The zero-order valence-electron chi connectivity index (χ0n) is 14.5. The number of anilines is 2. The first kappa shape index (κ1) is 17.3. The fraction of sp³-hybridized carbons (Fsp3) is 0.556. The van der Waals surface area contributed by atoms with E-state index in [-0.39, 0.29) is 17.9 Å². The van der Waals surface area contributed by atoms with Gasteiger partial charge >= 0.3 is 0 Å². The maximum Gasteiger partial charge on any atom is 0.253 e. The number of piperidine rings is 1. The summed E-state index contributed by atoms with van der Waals surface area (Å²) in [7, 11) is 0. The lowest BCUT2D eigenvalue weighted by Crippen LogP contribution is -2.36. The molecule has 1 aliphatic heterocycles. The molecular weight excluding hydrogens is 290 g/mol. The molecule has 1 aromatic carbocycles. The molecule has 1 aliphatic rings. The quantitative estimate of drug-likeness (QED) is 0.897. The number of nitrogens with zero attached hydrogens (tertiary/aromatic N) is 1. The summed E-state index contributed by atoms with van der Waals surface area (Å²) in [5, 5.41) is 5.70. The fourth-order valence-corrected chi connectivity index (χ4v) is 2.86. The van der Waals surface area contributed by atoms with Crippen LogP contribution in [0.25, 0.3) is 0 Å². The normalized spacial score (nSPS) is 15.6. The van der Waals surface area contributed by atoms with Crippen molar-refractivity contribution in [3.05, 3.63) is 23.8 Å². The lowest BCUT2D eigenvalue weighted by Gasteiger charge is -2.33. The van der Waals surface area contributed by atoms with Crippen molar-refractivity contribution in [2.24, 2.45) is 5.92 Å². The van der Waals surface area contributed by atoms with Gasteiger partial charge in [0.2, 0.25) is 5.91 Å². The molecule has 1 fully saturated rings. The molecule has 0 unspecified atom stereocenters. The van der Waals surface area contributed by atoms with Crippen molar-refractivity contribution in [2.75, 3.05) is 23.3 Å². The highest BCUT2D eigenvalue weighted by Crippen LogP contribution is 2.28. The predicted molar refractivity (Wildman–Crippen MR) is 94.0 cm³/mol. The van der Waals surface area contributed by atoms with Crippen molar-refractivity contribution in [1.29, 1.82) is 0 Å². The second kappa shape index (κ2) is 7.49. The van der Waals surface area contributed by atoms with Crippen molar-refractivity contribution in [1.82, 2.24) is 5.32 Å². The van der Waals surface area contributed by atoms with E-state index in [4.69, 9.17) is 0 Å². The smallest absolute Gasteiger partial charge is 0.253 e. The second-order valence-corrected chi connectivity index (χ2v) is 6.71. The zero-order valence-corrected chi connectivity index (χ0v) is 14.5. The minimum absolute atomic E-state index is 0.0705. The minimum Gasteiger partial charge on any atom is -0.371 e. The molecular formula is C18H27N3O2. The van der Waals surface area contributed by atoms with Crippen molar-refractivity contribution >= 4 is 23.2 Å². The van der Waals surface area contributed by atoms with Gasteiger partial charge in [-0.3, -0.25) is 9.59 Å². The molecule has 0 bridgehead atoms. The van der Waals surface area contributed by atoms with Gasteiger partial charge < -0.3 is 15.5 Å². The van der Waals surface area contributed by atoms with Crippen molar-refractivity contribution in [3.8, 4) is 0 Å². The Morgan fingerprint density at radius 3 is 2.43 bits per heavy atom. The lowest BCUT2D eigenvalue weighted by atomic mass is 9.97. The molecule has 5 nitrogen and oxygen atoms in total. The summed E-state index contributed by atoms with van der Waals surface area (Å²) in [6.45, 7) is 9.54. The molecule has 126 valence electrons. The van der Waals surface area contributed by atoms with Crippen molar-refractivity contribution < 1.29 is 9.59 Å². The van der Waals surface area contributed by atoms with Gasteiger partial charge in [-0.15, -0.1) is 0 Å². The number of amides is 2. The first-order chi connectivity index (χ1) is 10.9. The number of benzene rings is 1. The van der Waals surface area contributed by atoms with Gasteiger partial charge in [0, 0.05) is 37.4 Å². The van der Waals surface area contributed by atoms with E-state index in [0.29, 0.717) is 11.3 Å². The molecule has 0 aromatic heterocycles. The van der Waals surface area contributed by atoms with Crippen LogP contribution in [0.5, 0.6) is 0 Å². The van der Waals surface area contributed by atoms with E-state index in [0.717, 1.165) is 37.5 Å². The largest absolute Gasteiger partial charge is 0.371 e. The highest BCUT2D eigenvalue weighted by molar-refractivity contribution is 6.02. The summed E-state index contributed by atoms with van der Waals surface area (Å²) in [6, 6.07) is 5.64. The summed E-state index contributed by atoms with van der Waals surface area (Å²) >= 11 is 0. The van der Waals surface area contributed by atoms with Crippen LogP contribution in [0.4, 0.5) is 11.4 Å². The topological polar surface area (TPSA) is 61.4 Å². The maximum absolute atomic E-state index is 12.6. The van der Waals surface area contributed by atoms with Gasteiger partial charge in [-0.1, -0.05) is 6.92 Å². The maximum atomic E-state index is 12.6. The van der Waals surface area contributed by atoms with E-state index >= 15 is 0 Å². The molecule has 0 spiro atoms. The van der Waals surface area contributed by atoms with Crippen LogP contribution < -0.4 is 15.5 Å². The monoisotopic (exact) mass is 317 g/mol. The molecule has 1 aromatic rings. The summed E-state index contributed by atoms with van der Waals surface area (Å²) in [5.41, 5.74) is 2.23. The summed E-state index contributed by atoms with van der Waals surface area (Å²) in [4.78, 5) is 26.1. The van der Waals surface area contributed by atoms with Crippen LogP contribution in [0.15, 0.2) is 18.2 Å². The highest BCUT2D eigenvalue weighted by atomic mass is 16.2. The zero-order chi connectivity index (χ0) is 17.0. The van der Waals surface area contributed by atoms with Gasteiger partial charge in [0.05, 0.1) is 5.56 Å². The Morgan fingerprint density at radius 1 is 1.22 bits per heavy atom.